The maximum absolute atomic E-state index is 12.0. The van der Waals surface area contributed by atoms with Gasteiger partial charge in [0.25, 0.3) is 0 Å². The van der Waals surface area contributed by atoms with Gasteiger partial charge in [0.15, 0.2) is 0 Å². The molecule has 5 atom stereocenters. The zero-order chi connectivity index (χ0) is 21.2. The summed E-state index contributed by atoms with van der Waals surface area (Å²) in [5.74, 6) is 0.971. The number of allylic oxidation sites excluding steroid dienone is 1. The Bertz CT molecular complexity index is 698. The molecule has 0 aromatic carbocycles. The molecule has 4 N–H and O–H groups in total. The molecular formula is C20H36N2O5S. The van der Waals surface area contributed by atoms with E-state index in [1.165, 1.54) is 0 Å². The molecule has 0 fully saturated rings. The van der Waals surface area contributed by atoms with Gasteiger partial charge in [-0.3, -0.25) is 5.32 Å². The van der Waals surface area contributed by atoms with Crippen LogP contribution >= 0.6 is 0 Å². The molecule has 0 radical (unpaired) electrons. The number of sulfonamides is 1. The Kier molecular flexibility index (Phi) is 7.37. The van der Waals surface area contributed by atoms with E-state index in [-0.39, 0.29) is 17.4 Å². The van der Waals surface area contributed by atoms with Crippen molar-refractivity contribution in [2.75, 3.05) is 6.54 Å². The molecule has 0 bridgehead atoms. The second-order valence-corrected chi connectivity index (χ2v) is 11.6. The normalized spacial score (nSPS) is 31.7. The molecule has 28 heavy (non-hydrogen) atoms. The Morgan fingerprint density at radius 1 is 1.36 bits per heavy atom. The van der Waals surface area contributed by atoms with Crippen molar-refractivity contribution in [2.45, 2.75) is 83.6 Å². The minimum atomic E-state index is -3.32. The summed E-state index contributed by atoms with van der Waals surface area (Å²) in [6.07, 6.45) is 6.75. The molecule has 4 unspecified atom stereocenters. The molecule has 2 rings (SSSR count). The van der Waals surface area contributed by atoms with Crippen molar-refractivity contribution in [1.29, 1.82) is 0 Å². The lowest BCUT2D eigenvalue weighted by Crippen LogP contribution is -2.50. The third-order valence-electron chi connectivity index (χ3n) is 5.90. The zero-order valence-corrected chi connectivity index (χ0v) is 18.4. The van der Waals surface area contributed by atoms with E-state index in [9.17, 15) is 18.6 Å². The first-order valence-corrected chi connectivity index (χ1v) is 11.5. The van der Waals surface area contributed by atoms with Gasteiger partial charge in [-0.25, -0.2) is 13.1 Å². The summed E-state index contributed by atoms with van der Waals surface area (Å²) in [5.41, 5.74) is -0.305. The average molecular weight is 417 g/mol. The van der Waals surface area contributed by atoms with Crippen LogP contribution in [0.1, 0.15) is 60.3 Å². The van der Waals surface area contributed by atoms with E-state index < -0.39 is 27.3 Å². The van der Waals surface area contributed by atoms with Gasteiger partial charge in [0.1, 0.15) is 12.0 Å². The summed E-state index contributed by atoms with van der Waals surface area (Å²) in [7, 11) is -3.32. The van der Waals surface area contributed by atoms with E-state index in [4.69, 9.17) is 4.74 Å². The largest absolute Gasteiger partial charge is 0.465 e. The molecular weight excluding hydrogens is 380 g/mol. The van der Waals surface area contributed by atoms with Crippen LogP contribution in [0, 0.1) is 11.3 Å². The van der Waals surface area contributed by atoms with Crippen molar-refractivity contribution >= 4 is 10.0 Å². The number of fused-ring (bicyclic) bond motifs is 1. The molecule has 0 aromatic heterocycles. The summed E-state index contributed by atoms with van der Waals surface area (Å²) >= 11 is 0. The minimum absolute atomic E-state index is 0.0895. The van der Waals surface area contributed by atoms with Gasteiger partial charge in [-0.15, -0.1) is 0 Å². The van der Waals surface area contributed by atoms with Gasteiger partial charge in [0.2, 0.25) is 16.3 Å². The number of rotatable bonds is 8. The first kappa shape index (κ1) is 23.3. The maximum atomic E-state index is 12.0. The van der Waals surface area contributed by atoms with E-state index in [1.807, 2.05) is 12.2 Å². The molecule has 0 amide bonds. The standard InChI is InChI=1S/C20H36N2O5S/c1-14-15(9-10-16-20(14,5)12-11-18(24)27-16)22-17(23)8-6-7-13-21-28(25,26)19(2,3)4/h10-12,14-15,17-18,21-24H,6-9,13H2,1-5H3/t14?,15?,17?,18?,20-/m0/s1. The third kappa shape index (κ3) is 5.36. The minimum Gasteiger partial charge on any atom is -0.465 e. The molecule has 0 spiro atoms. The molecule has 162 valence electrons. The Hall–Kier alpha value is -0.930. The van der Waals surface area contributed by atoms with Crippen molar-refractivity contribution in [2.24, 2.45) is 11.3 Å². The summed E-state index contributed by atoms with van der Waals surface area (Å²) < 4.78 is 31.4. The molecule has 0 aromatic rings. The van der Waals surface area contributed by atoms with Crippen LogP contribution in [0.25, 0.3) is 0 Å². The first-order chi connectivity index (χ1) is 12.9. The van der Waals surface area contributed by atoms with Gasteiger partial charge in [0, 0.05) is 18.0 Å². The molecule has 2 aliphatic rings. The van der Waals surface area contributed by atoms with E-state index in [1.54, 1.807) is 26.8 Å². The monoisotopic (exact) mass is 416 g/mol. The highest BCUT2D eigenvalue weighted by atomic mass is 32.2. The highest BCUT2D eigenvalue weighted by Gasteiger charge is 2.44. The number of ether oxygens (including phenoxy) is 1. The van der Waals surface area contributed by atoms with Crippen molar-refractivity contribution in [3.8, 4) is 0 Å². The highest BCUT2D eigenvalue weighted by molar-refractivity contribution is 7.90. The van der Waals surface area contributed by atoms with Crippen LogP contribution in [0.3, 0.4) is 0 Å². The van der Waals surface area contributed by atoms with Gasteiger partial charge in [-0.1, -0.05) is 13.0 Å². The summed E-state index contributed by atoms with van der Waals surface area (Å²) in [5, 5.41) is 23.3. The van der Waals surface area contributed by atoms with Crippen molar-refractivity contribution in [1.82, 2.24) is 10.0 Å². The fourth-order valence-electron chi connectivity index (χ4n) is 3.59. The molecule has 0 saturated heterocycles. The SMILES string of the molecule is CC1C(NC(O)CCCCNS(=O)(=O)C(C)(C)C)CC=C2OC(O)C=C[C@]21C. The lowest BCUT2D eigenvalue weighted by atomic mass is 9.67. The topological polar surface area (TPSA) is 108 Å². The van der Waals surface area contributed by atoms with Crippen LogP contribution in [-0.4, -0.2) is 48.5 Å². The molecule has 8 heteroatoms. The highest BCUT2D eigenvalue weighted by Crippen LogP contribution is 2.46. The zero-order valence-electron chi connectivity index (χ0n) is 17.6. The predicted octanol–water partition coefficient (Wildman–Crippen LogP) is 1.99. The lowest BCUT2D eigenvalue weighted by Gasteiger charge is -2.45. The van der Waals surface area contributed by atoms with Gasteiger partial charge < -0.3 is 14.9 Å². The van der Waals surface area contributed by atoms with Crippen molar-refractivity contribution < 1.29 is 23.4 Å². The fraction of sp³-hybridized carbons (Fsp3) is 0.800. The summed E-state index contributed by atoms with van der Waals surface area (Å²) in [6, 6.07) is 0.0895. The van der Waals surface area contributed by atoms with E-state index in [2.05, 4.69) is 23.9 Å². The predicted molar refractivity (Wildman–Crippen MR) is 110 cm³/mol. The van der Waals surface area contributed by atoms with Crippen LogP contribution in [0.2, 0.25) is 0 Å². The Morgan fingerprint density at radius 3 is 2.68 bits per heavy atom. The van der Waals surface area contributed by atoms with Crippen molar-refractivity contribution in [3.63, 3.8) is 0 Å². The number of nitrogens with one attached hydrogen (secondary N) is 2. The molecule has 0 saturated carbocycles. The Balaban J connectivity index is 1.77. The van der Waals surface area contributed by atoms with Gasteiger partial charge >= 0.3 is 0 Å². The maximum Gasteiger partial charge on any atom is 0.216 e. The van der Waals surface area contributed by atoms with Crippen LogP contribution in [0.15, 0.2) is 24.0 Å². The lowest BCUT2D eigenvalue weighted by molar-refractivity contribution is -0.0673. The second kappa shape index (κ2) is 8.83. The second-order valence-electron chi connectivity index (χ2n) is 9.04. The quantitative estimate of drug-likeness (QED) is 0.274. The van der Waals surface area contributed by atoms with Crippen molar-refractivity contribution in [3.05, 3.63) is 24.0 Å². The van der Waals surface area contributed by atoms with E-state index >= 15 is 0 Å². The number of aliphatic hydroxyl groups is 2. The smallest absolute Gasteiger partial charge is 0.216 e. The van der Waals surface area contributed by atoms with Gasteiger partial charge in [-0.2, -0.15) is 0 Å². The number of hydrogen-bond donors (Lipinski definition) is 4. The van der Waals surface area contributed by atoms with Gasteiger partial charge in [-0.05, 0) is 71.4 Å². The summed E-state index contributed by atoms with van der Waals surface area (Å²) in [6.45, 7) is 9.57. The van der Waals surface area contributed by atoms with E-state index in [0.717, 1.165) is 18.6 Å². The molecule has 1 heterocycles. The Labute approximate surface area is 169 Å². The number of unbranched alkanes of at least 4 members (excludes halogenated alkanes) is 1. The average Bonchev–Trinajstić information content (AvgIpc) is 2.58. The fourth-order valence-corrected chi connectivity index (χ4v) is 4.44. The molecule has 7 nitrogen and oxygen atoms in total. The van der Waals surface area contributed by atoms with Gasteiger partial charge in [0.05, 0.1) is 4.75 Å². The Morgan fingerprint density at radius 2 is 2.04 bits per heavy atom. The first-order valence-electron chi connectivity index (χ1n) is 10.0. The number of hydrogen-bond acceptors (Lipinski definition) is 6. The van der Waals surface area contributed by atoms with Crippen LogP contribution in [0.4, 0.5) is 0 Å². The van der Waals surface area contributed by atoms with Crippen LogP contribution in [0.5, 0.6) is 0 Å². The van der Waals surface area contributed by atoms with Crippen LogP contribution < -0.4 is 10.0 Å². The molecule has 1 aliphatic carbocycles. The molecule has 1 aliphatic heterocycles. The third-order valence-corrected chi connectivity index (χ3v) is 8.10. The number of aliphatic hydroxyl groups excluding tert-OH is 2. The van der Waals surface area contributed by atoms with Crippen LogP contribution in [-0.2, 0) is 14.8 Å². The summed E-state index contributed by atoms with van der Waals surface area (Å²) in [4.78, 5) is 0. The van der Waals surface area contributed by atoms with E-state index in [0.29, 0.717) is 19.4 Å².